The van der Waals surface area contributed by atoms with Gasteiger partial charge in [-0.1, -0.05) is 54.1 Å². The fourth-order valence-corrected chi connectivity index (χ4v) is 4.07. The van der Waals surface area contributed by atoms with Crippen LogP contribution in [0.15, 0.2) is 84.4 Å². The largest absolute Gasteiger partial charge is 0.494 e. The third-order valence-electron chi connectivity index (χ3n) is 5.70. The zero-order chi connectivity index (χ0) is 25.5. The van der Waals surface area contributed by atoms with Crippen molar-refractivity contribution in [3.05, 3.63) is 106 Å². The van der Waals surface area contributed by atoms with Crippen molar-refractivity contribution in [1.82, 2.24) is 0 Å². The number of carbonyl (C=O) groups is 1. The third-order valence-corrected chi connectivity index (χ3v) is 6.00. The molecule has 0 aliphatic carbocycles. The summed E-state index contributed by atoms with van der Waals surface area (Å²) in [6.45, 7) is 4.89. The van der Waals surface area contributed by atoms with Gasteiger partial charge in [0.2, 0.25) is 0 Å². The molecule has 4 rings (SSSR count). The standard InChI is InChI=1S/C30H25ClN2O3/c1-3-35-25-13-11-24(12-14-25)33-30(34)23(18-32)16-21-9-15-29(28(31)17-21)36-19-27-20(2)8-10-22-6-4-5-7-26(22)27/h4-17H,3,19H2,1-2H3,(H,33,34)/b23-16+. The van der Waals surface area contributed by atoms with Gasteiger partial charge in [0.05, 0.1) is 11.6 Å². The molecule has 0 aliphatic rings. The van der Waals surface area contributed by atoms with Crippen molar-refractivity contribution in [1.29, 1.82) is 5.26 Å². The van der Waals surface area contributed by atoms with Gasteiger partial charge >= 0.3 is 0 Å². The molecule has 0 saturated heterocycles. The Balaban J connectivity index is 1.47. The Labute approximate surface area is 215 Å². The van der Waals surface area contributed by atoms with Crippen LogP contribution in [0, 0.1) is 18.3 Å². The molecule has 1 amide bonds. The molecular weight excluding hydrogens is 472 g/mol. The van der Waals surface area contributed by atoms with Crippen LogP contribution in [0.25, 0.3) is 16.8 Å². The number of nitrogens with one attached hydrogen (secondary N) is 1. The summed E-state index contributed by atoms with van der Waals surface area (Å²) in [7, 11) is 0. The number of aryl methyl sites for hydroxylation is 1. The van der Waals surface area contributed by atoms with E-state index in [0.717, 1.165) is 21.9 Å². The van der Waals surface area contributed by atoms with Gasteiger partial charge in [-0.3, -0.25) is 4.79 Å². The molecule has 5 nitrogen and oxygen atoms in total. The molecular formula is C30H25ClN2O3. The highest BCUT2D eigenvalue weighted by molar-refractivity contribution is 6.32. The second-order valence-corrected chi connectivity index (χ2v) is 8.55. The number of nitriles is 1. The minimum absolute atomic E-state index is 0.0417. The van der Waals surface area contributed by atoms with Gasteiger partial charge in [0.1, 0.15) is 29.7 Å². The minimum atomic E-state index is -0.510. The summed E-state index contributed by atoms with van der Waals surface area (Å²) in [6.07, 6.45) is 1.49. The number of hydrogen-bond donors (Lipinski definition) is 1. The lowest BCUT2D eigenvalue weighted by Crippen LogP contribution is -2.13. The van der Waals surface area contributed by atoms with Crippen molar-refractivity contribution >= 4 is 40.0 Å². The fraction of sp³-hybridized carbons (Fsp3) is 0.133. The maximum absolute atomic E-state index is 12.6. The summed E-state index contributed by atoms with van der Waals surface area (Å²) < 4.78 is 11.4. The average molecular weight is 497 g/mol. The van der Waals surface area contributed by atoms with E-state index in [2.05, 4.69) is 36.5 Å². The van der Waals surface area contributed by atoms with Crippen molar-refractivity contribution in [3.63, 3.8) is 0 Å². The highest BCUT2D eigenvalue weighted by Crippen LogP contribution is 2.29. The number of carbonyl (C=O) groups excluding carboxylic acids is 1. The first-order valence-corrected chi connectivity index (χ1v) is 11.9. The van der Waals surface area contributed by atoms with Crippen molar-refractivity contribution in [2.45, 2.75) is 20.5 Å². The number of anilines is 1. The van der Waals surface area contributed by atoms with Gasteiger partial charge in [-0.15, -0.1) is 0 Å². The summed E-state index contributed by atoms with van der Waals surface area (Å²) in [6, 6.07) is 26.5. The Hall–Kier alpha value is -4.27. The molecule has 0 heterocycles. The molecule has 0 spiro atoms. The Morgan fingerprint density at radius 2 is 1.81 bits per heavy atom. The molecule has 0 aliphatic heterocycles. The number of amides is 1. The molecule has 0 unspecified atom stereocenters. The van der Waals surface area contributed by atoms with Gasteiger partial charge in [-0.2, -0.15) is 5.26 Å². The van der Waals surface area contributed by atoms with E-state index in [1.807, 2.05) is 25.1 Å². The predicted molar refractivity (Wildman–Crippen MR) is 144 cm³/mol. The smallest absolute Gasteiger partial charge is 0.266 e. The monoisotopic (exact) mass is 496 g/mol. The van der Waals surface area contributed by atoms with Crippen LogP contribution in [0.5, 0.6) is 11.5 Å². The van der Waals surface area contributed by atoms with E-state index >= 15 is 0 Å². The normalized spacial score (nSPS) is 11.1. The zero-order valence-electron chi connectivity index (χ0n) is 20.0. The van der Waals surface area contributed by atoms with E-state index in [0.29, 0.717) is 41.0 Å². The quantitative estimate of drug-likeness (QED) is 0.205. The molecule has 6 heteroatoms. The molecule has 4 aromatic rings. The Morgan fingerprint density at radius 1 is 1.03 bits per heavy atom. The molecule has 0 bridgehead atoms. The number of rotatable bonds is 8. The van der Waals surface area contributed by atoms with Gasteiger partial charge in [0.25, 0.3) is 5.91 Å². The van der Waals surface area contributed by atoms with E-state index in [1.165, 1.54) is 6.08 Å². The Morgan fingerprint density at radius 3 is 2.53 bits per heavy atom. The number of ether oxygens (including phenoxy) is 2. The van der Waals surface area contributed by atoms with Crippen molar-refractivity contribution in [2.24, 2.45) is 0 Å². The van der Waals surface area contributed by atoms with Crippen LogP contribution in [0.2, 0.25) is 5.02 Å². The molecule has 1 N–H and O–H groups in total. The SMILES string of the molecule is CCOc1ccc(NC(=O)/C(C#N)=C/c2ccc(OCc3c(C)ccc4ccccc34)c(Cl)c2)cc1. The van der Waals surface area contributed by atoms with Crippen LogP contribution < -0.4 is 14.8 Å². The van der Waals surface area contributed by atoms with Crippen molar-refractivity contribution in [2.75, 3.05) is 11.9 Å². The second-order valence-electron chi connectivity index (χ2n) is 8.14. The lowest BCUT2D eigenvalue weighted by molar-refractivity contribution is -0.112. The zero-order valence-corrected chi connectivity index (χ0v) is 20.8. The highest BCUT2D eigenvalue weighted by Gasteiger charge is 2.12. The maximum atomic E-state index is 12.6. The second kappa shape index (κ2) is 11.4. The lowest BCUT2D eigenvalue weighted by Gasteiger charge is -2.13. The van der Waals surface area contributed by atoms with Crippen LogP contribution in [-0.4, -0.2) is 12.5 Å². The van der Waals surface area contributed by atoms with Crippen LogP contribution >= 0.6 is 11.6 Å². The van der Waals surface area contributed by atoms with E-state index < -0.39 is 5.91 Å². The van der Waals surface area contributed by atoms with Gasteiger partial charge in [-0.25, -0.2) is 0 Å². The Kier molecular flexibility index (Phi) is 7.89. The molecule has 180 valence electrons. The van der Waals surface area contributed by atoms with E-state index in [-0.39, 0.29) is 5.57 Å². The van der Waals surface area contributed by atoms with Gasteiger partial charge in [0, 0.05) is 11.3 Å². The summed E-state index contributed by atoms with van der Waals surface area (Å²) in [5.74, 6) is 0.724. The minimum Gasteiger partial charge on any atom is -0.494 e. The van der Waals surface area contributed by atoms with Crippen molar-refractivity contribution in [3.8, 4) is 17.6 Å². The number of hydrogen-bond acceptors (Lipinski definition) is 4. The topological polar surface area (TPSA) is 71.3 Å². The summed E-state index contributed by atoms with van der Waals surface area (Å²) in [5.41, 5.74) is 3.38. The van der Waals surface area contributed by atoms with Crippen LogP contribution in [-0.2, 0) is 11.4 Å². The number of nitrogens with zero attached hydrogens (tertiary/aromatic N) is 1. The van der Waals surface area contributed by atoms with Crippen molar-refractivity contribution < 1.29 is 14.3 Å². The third kappa shape index (κ3) is 5.86. The fourth-order valence-electron chi connectivity index (χ4n) is 3.83. The van der Waals surface area contributed by atoms with Gasteiger partial charge in [0.15, 0.2) is 0 Å². The predicted octanol–water partition coefficient (Wildman–Crippen LogP) is 7.33. The summed E-state index contributed by atoms with van der Waals surface area (Å²) >= 11 is 6.48. The average Bonchev–Trinajstić information content (AvgIpc) is 2.89. The van der Waals surface area contributed by atoms with Crippen LogP contribution in [0.3, 0.4) is 0 Å². The van der Waals surface area contributed by atoms with E-state index in [9.17, 15) is 10.1 Å². The Bertz CT molecular complexity index is 1470. The highest BCUT2D eigenvalue weighted by atomic mass is 35.5. The maximum Gasteiger partial charge on any atom is 0.266 e. The first kappa shape index (κ1) is 24.8. The first-order chi connectivity index (χ1) is 17.5. The first-order valence-electron chi connectivity index (χ1n) is 11.5. The molecule has 4 aromatic carbocycles. The molecule has 0 saturated carbocycles. The van der Waals surface area contributed by atoms with E-state index in [1.54, 1.807) is 42.5 Å². The number of benzene rings is 4. The summed E-state index contributed by atoms with van der Waals surface area (Å²) in [5, 5.41) is 15.0. The molecule has 36 heavy (non-hydrogen) atoms. The molecule has 0 fully saturated rings. The van der Waals surface area contributed by atoms with Crippen LogP contribution in [0.4, 0.5) is 5.69 Å². The summed E-state index contributed by atoms with van der Waals surface area (Å²) in [4.78, 5) is 12.6. The van der Waals surface area contributed by atoms with Gasteiger partial charge < -0.3 is 14.8 Å². The molecule has 0 atom stereocenters. The molecule has 0 aromatic heterocycles. The molecule has 0 radical (unpaired) electrons. The lowest BCUT2D eigenvalue weighted by atomic mass is 10.0. The van der Waals surface area contributed by atoms with E-state index in [4.69, 9.17) is 21.1 Å². The van der Waals surface area contributed by atoms with Crippen LogP contribution in [0.1, 0.15) is 23.6 Å². The number of fused-ring (bicyclic) bond motifs is 1. The van der Waals surface area contributed by atoms with Gasteiger partial charge in [-0.05, 0) is 78.2 Å². The number of halogens is 1.